The number of hydrogen-bond acceptors (Lipinski definition) is 4. The Morgan fingerprint density at radius 1 is 1.19 bits per heavy atom. The van der Waals surface area contributed by atoms with Gasteiger partial charge in [0.05, 0.1) is 12.2 Å². The molecule has 1 aliphatic carbocycles. The lowest BCUT2D eigenvalue weighted by Crippen LogP contribution is -2.49. The number of aromatic nitrogens is 2. The lowest BCUT2D eigenvalue weighted by Gasteiger charge is -2.23. The van der Waals surface area contributed by atoms with Gasteiger partial charge in [0.1, 0.15) is 11.6 Å². The molecule has 1 unspecified atom stereocenters. The van der Waals surface area contributed by atoms with Crippen molar-refractivity contribution in [1.29, 1.82) is 0 Å². The van der Waals surface area contributed by atoms with Gasteiger partial charge in [0, 0.05) is 12.2 Å². The lowest BCUT2D eigenvalue weighted by molar-refractivity contribution is -0.137. The first kappa shape index (κ1) is 21.1. The number of nitrogens with zero attached hydrogens (tertiary/aromatic N) is 3. The van der Waals surface area contributed by atoms with E-state index in [-0.39, 0.29) is 11.8 Å². The van der Waals surface area contributed by atoms with E-state index in [4.69, 9.17) is 0 Å². The number of amides is 4. The first-order valence-corrected chi connectivity index (χ1v) is 10.8. The maximum Gasteiger partial charge on any atom is 0.325 e. The molecule has 1 atom stereocenters. The average Bonchev–Trinajstić information content (AvgIpc) is 3.39. The zero-order valence-corrected chi connectivity index (χ0v) is 18.3. The Labute approximate surface area is 182 Å². The summed E-state index contributed by atoms with van der Waals surface area (Å²) in [7, 11) is 0. The summed E-state index contributed by atoms with van der Waals surface area (Å²) in [6.07, 6.45) is 3.11. The number of rotatable bonds is 6. The van der Waals surface area contributed by atoms with Gasteiger partial charge < -0.3 is 10.6 Å². The van der Waals surface area contributed by atoms with Crippen LogP contribution in [0.5, 0.6) is 0 Å². The van der Waals surface area contributed by atoms with Crippen molar-refractivity contribution >= 4 is 17.8 Å². The van der Waals surface area contributed by atoms with Crippen molar-refractivity contribution in [2.45, 2.75) is 71.1 Å². The van der Waals surface area contributed by atoms with Crippen LogP contribution in [0.25, 0.3) is 0 Å². The number of imide groups is 1. The van der Waals surface area contributed by atoms with E-state index in [1.54, 1.807) is 6.92 Å². The zero-order chi connectivity index (χ0) is 22.2. The largest absolute Gasteiger partial charge is 0.350 e. The van der Waals surface area contributed by atoms with E-state index in [0.717, 1.165) is 40.3 Å². The lowest BCUT2D eigenvalue weighted by atomic mass is 9.97. The molecule has 1 saturated heterocycles. The minimum absolute atomic E-state index is 0.274. The van der Waals surface area contributed by atoms with Gasteiger partial charge in [-0.1, -0.05) is 37.1 Å². The highest BCUT2D eigenvalue weighted by atomic mass is 16.2. The van der Waals surface area contributed by atoms with Gasteiger partial charge in [0.25, 0.3) is 5.91 Å². The molecule has 2 heterocycles. The van der Waals surface area contributed by atoms with E-state index < -0.39 is 17.6 Å². The van der Waals surface area contributed by atoms with E-state index in [1.165, 1.54) is 0 Å². The van der Waals surface area contributed by atoms with E-state index in [0.29, 0.717) is 25.9 Å². The summed E-state index contributed by atoms with van der Waals surface area (Å²) in [5, 5.41) is 10.2. The molecule has 2 aromatic rings. The maximum absolute atomic E-state index is 12.9. The molecule has 0 bridgehead atoms. The van der Waals surface area contributed by atoms with Crippen molar-refractivity contribution in [1.82, 2.24) is 25.3 Å². The first-order chi connectivity index (χ1) is 14.8. The topological polar surface area (TPSA) is 96.3 Å². The summed E-state index contributed by atoms with van der Waals surface area (Å²) in [6, 6.07) is 8.66. The quantitative estimate of drug-likeness (QED) is 0.698. The van der Waals surface area contributed by atoms with Gasteiger partial charge in [0.2, 0.25) is 5.91 Å². The Balaban J connectivity index is 1.38. The molecule has 2 fully saturated rings. The van der Waals surface area contributed by atoms with Crippen molar-refractivity contribution in [2.24, 2.45) is 0 Å². The second-order valence-electron chi connectivity index (χ2n) is 8.69. The van der Waals surface area contributed by atoms with Crippen LogP contribution in [-0.4, -0.2) is 44.1 Å². The molecule has 164 valence electrons. The SMILES string of the molecule is Cc1cc(C)n(Cc2cccc(CNC(=O)C(C)N3C(=O)NC4(CCCC4)C3=O)c2)n1. The summed E-state index contributed by atoms with van der Waals surface area (Å²) in [5.74, 6) is -0.618. The minimum Gasteiger partial charge on any atom is -0.350 e. The van der Waals surface area contributed by atoms with Gasteiger partial charge in [-0.2, -0.15) is 5.10 Å². The molecule has 2 aliphatic rings. The smallest absolute Gasteiger partial charge is 0.325 e. The molecule has 31 heavy (non-hydrogen) atoms. The summed E-state index contributed by atoms with van der Waals surface area (Å²) in [6.45, 7) is 6.57. The molecule has 1 spiro atoms. The van der Waals surface area contributed by atoms with Crippen molar-refractivity contribution in [3.63, 3.8) is 0 Å². The van der Waals surface area contributed by atoms with Gasteiger partial charge in [0.15, 0.2) is 0 Å². The van der Waals surface area contributed by atoms with Crippen LogP contribution in [0.2, 0.25) is 0 Å². The molecule has 1 aromatic heterocycles. The number of hydrogen-bond donors (Lipinski definition) is 2. The van der Waals surface area contributed by atoms with Gasteiger partial charge in [-0.05, 0) is 50.8 Å². The van der Waals surface area contributed by atoms with Crippen LogP contribution >= 0.6 is 0 Å². The van der Waals surface area contributed by atoms with Crippen LogP contribution in [0.4, 0.5) is 4.79 Å². The summed E-state index contributed by atoms with van der Waals surface area (Å²) >= 11 is 0. The molecule has 1 saturated carbocycles. The van der Waals surface area contributed by atoms with Crippen LogP contribution < -0.4 is 10.6 Å². The number of urea groups is 1. The molecular formula is C23H29N5O3. The molecule has 1 aliphatic heterocycles. The van der Waals surface area contributed by atoms with Crippen LogP contribution in [0.15, 0.2) is 30.3 Å². The Morgan fingerprint density at radius 3 is 2.58 bits per heavy atom. The summed E-state index contributed by atoms with van der Waals surface area (Å²) in [4.78, 5) is 39.1. The molecule has 4 rings (SSSR count). The third-order valence-corrected chi connectivity index (χ3v) is 6.31. The van der Waals surface area contributed by atoms with Crippen LogP contribution in [0, 0.1) is 13.8 Å². The highest BCUT2D eigenvalue weighted by molar-refractivity contribution is 6.09. The molecular weight excluding hydrogens is 394 g/mol. The first-order valence-electron chi connectivity index (χ1n) is 10.8. The Morgan fingerprint density at radius 2 is 1.90 bits per heavy atom. The fraction of sp³-hybridized carbons (Fsp3) is 0.478. The van der Waals surface area contributed by atoms with E-state index >= 15 is 0 Å². The number of benzene rings is 1. The van der Waals surface area contributed by atoms with Crippen LogP contribution in [0.3, 0.4) is 0 Å². The Bertz CT molecular complexity index is 1020. The van der Waals surface area contributed by atoms with Crippen molar-refractivity contribution in [2.75, 3.05) is 0 Å². The minimum atomic E-state index is -0.856. The molecule has 4 amide bonds. The molecule has 1 aromatic carbocycles. The van der Waals surface area contributed by atoms with Gasteiger partial charge in [-0.3, -0.25) is 14.3 Å². The van der Waals surface area contributed by atoms with E-state index in [2.05, 4.69) is 15.7 Å². The average molecular weight is 424 g/mol. The zero-order valence-electron chi connectivity index (χ0n) is 18.3. The van der Waals surface area contributed by atoms with Gasteiger partial charge >= 0.3 is 6.03 Å². The predicted molar refractivity (Wildman–Crippen MR) is 115 cm³/mol. The van der Waals surface area contributed by atoms with E-state index in [1.807, 2.05) is 48.9 Å². The fourth-order valence-corrected chi connectivity index (χ4v) is 4.61. The number of carbonyl (C=O) groups excluding carboxylic acids is 3. The standard InChI is InChI=1S/C23H29N5O3/c1-15-11-16(2)27(26-15)14-19-8-6-7-18(12-19)13-24-20(29)17(3)28-21(30)23(25-22(28)31)9-4-5-10-23/h6-8,11-12,17H,4-5,9-10,13-14H2,1-3H3,(H,24,29)(H,25,31). The van der Waals surface area contributed by atoms with Crippen LogP contribution in [-0.2, 0) is 22.7 Å². The van der Waals surface area contributed by atoms with Gasteiger partial charge in [-0.25, -0.2) is 9.69 Å². The van der Waals surface area contributed by atoms with E-state index in [9.17, 15) is 14.4 Å². The monoisotopic (exact) mass is 423 g/mol. The fourth-order valence-electron chi connectivity index (χ4n) is 4.61. The molecule has 8 heteroatoms. The number of carbonyl (C=O) groups is 3. The molecule has 2 N–H and O–H groups in total. The third-order valence-electron chi connectivity index (χ3n) is 6.31. The normalized spacial score (nSPS) is 18.5. The summed E-state index contributed by atoms with van der Waals surface area (Å²) < 4.78 is 1.95. The highest BCUT2D eigenvalue weighted by Crippen LogP contribution is 2.35. The summed E-state index contributed by atoms with van der Waals surface area (Å²) in [5.41, 5.74) is 3.31. The Kier molecular flexibility index (Phi) is 5.56. The number of aryl methyl sites for hydroxylation is 2. The highest BCUT2D eigenvalue weighted by Gasteiger charge is 2.54. The van der Waals surface area contributed by atoms with Gasteiger partial charge in [-0.15, -0.1) is 0 Å². The molecule has 0 radical (unpaired) electrons. The molecule has 8 nitrogen and oxygen atoms in total. The second kappa shape index (κ2) is 8.17. The van der Waals surface area contributed by atoms with Crippen LogP contribution in [0.1, 0.15) is 55.1 Å². The number of nitrogens with one attached hydrogen (secondary N) is 2. The third kappa shape index (κ3) is 4.06. The predicted octanol–water partition coefficient (Wildman–Crippen LogP) is 2.42. The van der Waals surface area contributed by atoms with Crippen molar-refractivity contribution < 1.29 is 14.4 Å². The maximum atomic E-state index is 12.9. The second-order valence-corrected chi connectivity index (χ2v) is 8.69. The van der Waals surface area contributed by atoms with Crippen molar-refractivity contribution in [3.05, 3.63) is 52.8 Å². The van der Waals surface area contributed by atoms with Crippen molar-refractivity contribution in [3.8, 4) is 0 Å². The Hall–Kier alpha value is -3.16.